The molecule has 50 heavy (non-hydrogen) atoms. The minimum atomic E-state index is 1.00. The van der Waals surface area contributed by atoms with E-state index in [2.05, 4.69) is 48.6 Å². The van der Waals surface area contributed by atoms with Crippen LogP contribution in [0.4, 0.5) is 0 Å². The lowest BCUT2D eigenvalue weighted by Gasteiger charge is -2.02. The van der Waals surface area contributed by atoms with Gasteiger partial charge >= 0.3 is 0 Å². The highest BCUT2D eigenvalue weighted by Gasteiger charge is 1.96. The van der Waals surface area contributed by atoms with Crippen molar-refractivity contribution < 1.29 is 5.11 Å². The van der Waals surface area contributed by atoms with Crippen LogP contribution in [-0.4, -0.2) is 12.2 Å². The Morgan fingerprint density at radius 2 is 0.240 bits per heavy atom. The van der Waals surface area contributed by atoms with Crippen LogP contribution in [0.2, 0.25) is 0 Å². The van der Waals surface area contributed by atoms with E-state index in [-0.39, 0.29) is 0 Å². The van der Waals surface area contributed by atoms with Crippen LogP contribution in [0.15, 0.2) is 48.6 Å². The zero-order valence-corrected chi connectivity index (χ0v) is 34.4. The van der Waals surface area contributed by atoms with E-state index >= 15 is 0 Å². The summed E-state index contributed by atoms with van der Waals surface area (Å²) in [7, 11) is 1.00. The lowest BCUT2D eigenvalue weighted by atomic mass is 10.0. The van der Waals surface area contributed by atoms with Gasteiger partial charge in [-0.1, -0.05) is 203 Å². The van der Waals surface area contributed by atoms with Gasteiger partial charge in [-0.3, -0.25) is 0 Å². The molecule has 4 aliphatic rings. The third-order valence-electron chi connectivity index (χ3n) is 10.6. The van der Waals surface area contributed by atoms with E-state index < -0.39 is 0 Å². The molecular weight excluding hydrogens is 605 g/mol. The summed E-state index contributed by atoms with van der Waals surface area (Å²) in [5.41, 5.74) is 0. The molecule has 0 amide bonds. The van der Waals surface area contributed by atoms with E-state index in [0.29, 0.717) is 0 Å². The van der Waals surface area contributed by atoms with E-state index in [9.17, 15) is 0 Å². The van der Waals surface area contributed by atoms with Crippen LogP contribution in [0.1, 0.15) is 257 Å². The maximum Gasteiger partial charge on any atom is 0.0319 e. The van der Waals surface area contributed by atoms with Crippen molar-refractivity contribution in [1.82, 2.24) is 0 Å². The Morgan fingerprint density at radius 1 is 0.160 bits per heavy atom. The van der Waals surface area contributed by atoms with Crippen LogP contribution in [0.3, 0.4) is 0 Å². The van der Waals surface area contributed by atoms with Crippen LogP contribution >= 0.6 is 0 Å². The predicted molar refractivity (Wildman–Crippen MR) is 229 cm³/mol. The summed E-state index contributed by atoms with van der Waals surface area (Å²) in [5.74, 6) is 0. The van der Waals surface area contributed by atoms with Gasteiger partial charge in [0.25, 0.3) is 0 Å². The van der Waals surface area contributed by atoms with Gasteiger partial charge in [-0.05, 0) is 103 Å². The van der Waals surface area contributed by atoms with Gasteiger partial charge in [-0.15, -0.1) is 0 Å². The van der Waals surface area contributed by atoms with Crippen molar-refractivity contribution in [1.29, 1.82) is 0 Å². The van der Waals surface area contributed by atoms with Gasteiger partial charge in [0.05, 0.1) is 0 Å². The molecule has 0 fully saturated rings. The quantitative estimate of drug-likeness (QED) is 0.250. The van der Waals surface area contributed by atoms with E-state index in [1.165, 1.54) is 257 Å². The molecule has 0 aliphatic heterocycles. The zero-order valence-electron chi connectivity index (χ0n) is 34.4. The minimum Gasteiger partial charge on any atom is -0.400 e. The van der Waals surface area contributed by atoms with Crippen LogP contribution < -0.4 is 0 Å². The molecule has 4 rings (SSSR count). The fourth-order valence-electron chi connectivity index (χ4n) is 7.28. The molecule has 1 nitrogen and oxygen atoms in total. The summed E-state index contributed by atoms with van der Waals surface area (Å²) in [4.78, 5) is 0. The minimum absolute atomic E-state index is 1.00. The molecule has 0 spiro atoms. The summed E-state index contributed by atoms with van der Waals surface area (Å²) in [6.45, 7) is 0. The molecule has 0 bridgehead atoms. The highest BCUT2D eigenvalue weighted by Crippen LogP contribution is 2.16. The maximum absolute atomic E-state index is 7.00. The van der Waals surface area contributed by atoms with E-state index in [1.807, 2.05) is 0 Å². The maximum atomic E-state index is 7.00. The molecule has 0 saturated heterocycles. The van der Waals surface area contributed by atoms with Crippen molar-refractivity contribution in [2.75, 3.05) is 7.11 Å². The van der Waals surface area contributed by atoms with Crippen LogP contribution in [0.25, 0.3) is 0 Å². The molecular formula is C49H92O. The van der Waals surface area contributed by atoms with Crippen molar-refractivity contribution in [3.05, 3.63) is 48.6 Å². The van der Waals surface area contributed by atoms with Gasteiger partial charge < -0.3 is 5.11 Å². The molecule has 0 atom stereocenters. The standard InChI is InChI=1S/4C12H22.CH4O/c4*1-2-4-6-8-10-12-11-9-7-5-3-1;1-2/h4*1-2H,3-12H2;2H,1H3/b4*2-1+;. The number of aliphatic hydroxyl groups excluding tert-OH is 1. The third kappa shape index (κ3) is 44.9. The molecule has 294 valence electrons. The third-order valence-corrected chi connectivity index (χ3v) is 10.6. The summed E-state index contributed by atoms with van der Waals surface area (Å²) in [5, 5.41) is 7.00. The lowest BCUT2D eigenvalue weighted by molar-refractivity contribution is 0.399. The van der Waals surface area contributed by atoms with Crippen LogP contribution in [0, 0.1) is 0 Å². The Morgan fingerprint density at radius 3 is 0.340 bits per heavy atom. The molecule has 0 aromatic carbocycles. The molecule has 1 heteroatoms. The number of allylic oxidation sites excluding steroid dienone is 8. The smallest absolute Gasteiger partial charge is 0.0319 e. The van der Waals surface area contributed by atoms with Crippen molar-refractivity contribution in [3.8, 4) is 0 Å². The molecule has 4 aliphatic carbocycles. The second kappa shape index (κ2) is 47.9. The number of hydrogen-bond donors (Lipinski definition) is 1. The summed E-state index contributed by atoms with van der Waals surface area (Å²) in [6, 6.07) is 0. The summed E-state index contributed by atoms with van der Waals surface area (Å²) < 4.78 is 0. The second-order valence-electron chi connectivity index (χ2n) is 15.5. The lowest BCUT2D eigenvalue weighted by Crippen LogP contribution is -1.82. The van der Waals surface area contributed by atoms with Gasteiger partial charge in [-0.2, -0.15) is 0 Å². The van der Waals surface area contributed by atoms with Gasteiger partial charge in [-0.25, -0.2) is 0 Å². The number of rotatable bonds is 0. The van der Waals surface area contributed by atoms with Gasteiger partial charge in [0, 0.05) is 7.11 Å². The van der Waals surface area contributed by atoms with Gasteiger partial charge in [0.15, 0.2) is 0 Å². The highest BCUT2D eigenvalue weighted by molar-refractivity contribution is 4.83. The molecule has 0 aromatic rings. The van der Waals surface area contributed by atoms with E-state index in [1.54, 1.807) is 0 Å². The van der Waals surface area contributed by atoms with E-state index in [4.69, 9.17) is 5.11 Å². The first-order valence-corrected chi connectivity index (χ1v) is 23.0. The Balaban J connectivity index is 0.000000629. The Hall–Kier alpha value is -1.08. The first-order valence-electron chi connectivity index (χ1n) is 23.0. The van der Waals surface area contributed by atoms with Crippen LogP contribution in [-0.2, 0) is 0 Å². The average Bonchev–Trinajstić information content (AvgIpc) is 3.11. The molecule has 0 heterocycles. The first kappa shape index (κ1) is 48.9. The zero-order chi connectivity index (χ0) is 35.9. The van der Waals surface area contributed by atoms with Crippen molar-refractivity contribution in [3.63, 3.8) is 0 Å². The summed E-state index contributed by atoms with van der Waals surface area (Å²) in [6.07, 6.45) is 76.0. The van der Waals surface area contributed by atoms with E-state index in [0.717, 1.165) is 7.11 Å². The topological polar surface area (TPSA) is 20.2 Å². The summed E-state index contributed by atoms with van der Waals surface area (Å²) >= 11 is 0. The molecule has 0 unspecified atom stereocenters. The molecule has 0 saturated carbocycles. The number of aliphatic hydroxyl groups is 1. The van der Waals surface area contributed by atoms with Crippen molar-refractivity contribution >= 4 is 0 Å². The SMILES string of the molecule is C1=C/CCCCCCCCCC/1.C1=C/CCCCCCCCCC/1.C1=C/CCCCCCCCCC/1.C1=C/CCCCCCCCCC/1.CO. The fourth-order valence-corrected chi connectivity index (χ4v) is 7.28. The molecule has 0 radical (unpaired) electrons. The second-order valence-corrected chi connectivity index (χ2v) is 15.5. The Labute approximate surface area is 316 Å². The average molecular weight is 697 g/mol. The number of hydrogen-bond acceptors (Lipinski definition) is 1. The monoisotopic (exact) mass is 697 g/mol. The molecule has 0 aromatic heterocycles. The highest BCUT2D eigenvalue weighted by atomic mass is 16.2. The normalized spacial score (nSPS) is 24.4. The Bertz CT molecular complexity index is 524. The van der Waals surface area contributed by atoms with Gasteiger partial charge in [0.1, 0.15) is 0 Å². The molecule has 1 N–H and O–H groups in total. The van der Waals surface area contributed by atoms with Crippen molar-refractivity contribution in [2.24, 2.45) is 0 Å². The van der Waals surface area contributed by atoms with Gasteiger partial charge in [0.2, 0.25) is 0 Å². The fraction of sp³-hybridized carbons (Fsp3) is 0.837. The largest absolute Gasteiger partial charge is 0.400 e. The van der Waals surface area contributed by atoms with Crippen molar-refractivity contribution in [2.45, 2.75) is 257 Å². The Kier molecular flexibility index (Phi) is 46.9. The first-order chi connectivity index (χ1) is 25.0. The van der Waals surface area contributed by atoms with Crippen LogP contribution in [0.5, 0.6) is 0 Å². The predicted octanol–water partition coefficient (Wildman–Crippen LogP) is 17.4.